The Labute approximate surface area is 149 Å². The van der Waals surface area contributed by atoms with Gasteiger partial charge in [0.15, 0.2) is 15.6 Å². The van der Waals surface area contributed by atoms with Gasteiger partial charge in [0, 0.05) is 18.9 Å². The van der Waals surface area contributed by atoms with E-state index in [1.54, 1.807) is 18.2 Å². The zero-order valence-electron chi connectivity index (χ0n) is 13.5. The molecule has 1 aromatic carbocycles. The monoisotopic (exact) mass is 374 g/mol. The molecular weight excluding hydrogens is 359 g/mol. The first-order valence-corrected chi connectivity index (χ1v) is 9.24. The summed E-state index contributed by atoms with van der Waals surface area (Å²) in [5, 5.41) is 1.47. The van der Waals surface area contributed by atoms with Crippen LogP contribution in [0.1, 0.15) is 21.4 Å². The molecule has 6 nitrogen and oxygen atoms in total. The lowest BCUT2D eigenvalue weighted by molar-refractivity contribution is 0.0926. The van der Waals surface area contributed by atoms with Crippen LogP contribution < -0.4 is 5.32 Å². The quantitative estimate of drug-likeness (QED) is 0.670. The number of hydrogen-bond donors (Lipinski definition) is 1. The molecule has 26 heavy (non-hydrogen) atoms. The molecule has 0 saturated carbocycles. The minimum absolute atomic E-state index is 0.0417. The molecule has 1 N–H and O–H groups in total. The smallest absolute Gasteiger partial charge is 0.287 e. The Morgan fingerprint density at radius 3 is 2.54 bits per heavy atom. The van der Waals surface area contributed by atoms with E-state index < -0.39 is 26.8 Å². The number of benzene rings is 1. The van der Waals surface area contributed by atoms with Crippen molar-refractivity contribution in [3.8, 4) is 0 Å². The van der Waals surface area contributed by atoms with Crippen molar-refractivity contribution in [1.82, 2.24) is 10.3 Å². The Morgan fingerprint density at radius 2 is 1.92 bits per heavy atom. The average molecular weight is 374 g/mol. The van der Waals surface area contributed by atoms with Crippen LogP contribution in [0.25, 0.3) is 0 Å². The topological polar surface area (TPSA) is 89.3 Å². The molecule has 0 bridgehead atoms. The van der Waals surface area contributed by atoms with E-state index in [-0.39, 0.29) is 17.2 Å². The van der Waals surface area contributed by atoms with Crippen molar-refractivity contribution in [2.24, 2.45) is 0 Å². The summed E-state index contributed by atoms with van der Waals surface area (Å²) in [6, 6.07) is 10.8. The van der Waals surface area contributed by atoms with Crippen LogP contribution in [0.5, 0.6) is 0 Å². The van der Waals surface area contributed by atoms with Crippen molar-refractivity contribution in [1.29, 1.82) is 0 Å². The highest BCUT2D eigenvalue weighted by atomic mass is 32.2. The Morgan fingerprint density at radius 1 is 1.15 bits per heavy atom. The van der Waals surface area contributed by atoms with Gasteiger partial charge < -0.3 is 9.73 Å². The first-order valence-electron chi connectivity index (χ1n) is 7.69. The number of furan rings is 1. The third-order valence-electron chi connectivity index (χ3n) is 3.77. The summed E-state index contributed by atoms with van der Waals surface area (Å²) in [7, 11) is -3.89. The molecule has 0 aliphatic heterocycles. The number of rotatable bonds is 6. The normalized spacial score (nSPS) is 12.5. The summed E-state index contributed by atoms with van der Waals surface area (Å²) in [4.78, 5) is 16.0. The lowest BCUT2D eigenvalue weighted by Gasteiger charge is -2.18. The Kier molecular flexibility index (Phi) is 5.13. The first-order chi connectivity index (χ1) is 12.5. The molecule has 0 aliphatic rings. The van der Waals surface area contributed by atoms with Crippen LogP contribution in [0.3, 0.4) is 0 Å². The maximum absolute atomic E-state index is 13.1. The van der Waals surface area contributed by atoms with Crippen LogP contribution in [0.2, 0.25) is 0 Å². The number of halogens is 1. The summed E-state index contributed by atoms with van der Waals surface area (Å²) in [6.07, 6.45) is 4.29. The number of amides is 1. The van der Waals surface area contributed by atoms with E-state index in [4.69, 9.17) is 4.42 Å². The molecule has 2 aromatic heterocycles. The fourth-order valence-corrected chi connectivity index (χ4v) is 4.09. The van der Waals surface area contributed by atoms with Gasteiger partial charge in [-0.3, -0.25) is 9.78 Å². The molecule has 1 amide bonds. The van der Waals surface area contributed by atoms with Gasteiger partial charge in [0.2, 0.25) is 0 Å². The standard InChI is InChI=1S/C18H15FN2O4S/c19-14-5-7-15(8-6-14)26(23,24)17(13-3-1-9-20-11-13)12-21-18(22)16-4-2-10-25-16/h1-11,17H,12H2,(H,21,22). The van der Waals surface area contributed by atoms with Gasteiger partial charge in [0.25, 0.3) is 5.91 Å². The number of pyridine rings is 1. The van der Waals surface area contributed by atoms with Gasteiger partial charge in [-0.25, -0.2) is 12.8 Å². The molecule has 0 spiro atoms. The van der Waals surface area contributed by atoms with Crippen molar-refractivity contribution < 1.29 is 22.0 Å². The minimum Gasteiger partial charge on any atom is -0.459 e. The molecule has 134 valence electrons. The number of nitrogens with one attached hydrogen (secondary N) is 1. The second-order valence-electron chi connectivity index (χ2n) is 5.46. The second kappa shape index (κ2) is 7.49. The molecule has 0 radical (unpaired) electrons. The number of hydrogen-bond acceptors (Lipinski definition) is 5. The molecule has 3 rings (SSSR count). The van der Waals surface area contributed by atoms with Crippen molar-refractivity contribution >= 4 is 15.7 Å². The van der Waals surface area contributed by atoms with Crippen molar-refractivity contribution in [2.45, 2.75) is 10.1 Å². The Hall–Kier alpha value is -3.00. The highest BCUT2D eigenvalue weighted by Gasteiger charge is 2.30. The van der Waals surface area contributed by atoms with Crippen molar-refractivity contribution in [3.63, 3.8) is 0 Å². The SMILES string of the molecule is O=C(NCC(c1cccnc1)S(=O)(=O)c1ccc(F)cc1)c1ccco1. The van der Waals surface area contributed by atoms with Crippen LogP contribution >= 0.6 is 0 Å². The van der Waals surface area contributed by atoms with E-state index in [0.29, 0.717) is 5.56 Å². The summed E-state index contributed by atoms with van der Waals surface area (Å²) >= 11 is 0. The summed E-state index contributed by atoms with van der Waals surface area (Å²) in [5.41, 5.74) is 0.413. The van der Waals surface area contributed by atoms with Crippen LogP contribution in [0.4, 0.5) is 4.39 Å². The van der Waals surface area contributed by atoms with E-state index in [1.807, 2.05) is 0 Å². The highest BCUT2D eigenvalue weighted by molar-refractivity contribution is 7.91. The lowest BCUT2D eigenvalue weighted by atomic mass is 10.2. The number of nitrogens with zero attached hydrogens (tertiary/aromatic N) is 1. The predicted molar refractivity (Wildman–Crippen MR) is 91.6 cm³/mol. The zero-order valence-corrected chi connectivity index (χ0v) is 14.3. The third-order valence-corrected chi connectivity index (χ3v) is 5.88. The summed E-state index contributed by atoms with van der Waals surface area (Å²) in [6.45, 7) is -0.190. The Bertz CT molecular complexity index is 972. The van der Waals surface area contributed by atoms with Gasteiger partial charge in [-0.05, 0) is 48.0 Å². The van der Waals surface area contributed by atoms with Crippen LogP contribution in [0, 0.1) is 5.82 Å². The molecular formula is C18H15FN2O4S. The molecule has 3 aromatic rings. The minimum atomic E-state index is -3.89. The van der Waals surface area contributed by atoms with E-state index in [0.717, 1.165) is 12.1 Å². The van der Waals surface area contributed by atoms with Gasteiger partial charge >= 0.3 is 0 Å². The number of sulfone groups is 1. The molecule has 2 heterocycles. The van der Waals surface area contributed by atoms with Gasteiger partial charge in [-0.15, -0.1) is 0 Å². The maximum atomic E-state index is 13.1. The van der Waals surface area contributed by atoms with Gasteiger partial charge in [0.1, 0.15) is 11.1 Å². The van der Waals surface area contributed by atoms with E-state index in [9.17, 15) is 17.6 Å². The molecule has 0 fully saturated rings. The van der Waals surface area contributed by atoms with Gasteiger partial charge in [-0.1, -0.05) is 6.07 Å². The van der Waals surface area contributed by atoms with Crippen LogP contribution in [-0.4, -0.2) is 25.9 Å². The third kappa shape index (κ3) is 3.80. The molecule has 1 unspecified atom stereocenters. The summed E-state index contributed by atoms with van der Waals surface area (Å²) < 4.78 is 44.2. The first kappa shape index (κ1) is 17.8. The fraction of sp³-hybridized carbons (Fsp3) is 0.111. The Balaban J connectivity index is 1.91. The van der Waals surface area contributed by atoms with Gasteiger partial charge in [-0.2, -0.15) is 0 Å². The van der Waals surface area contributed by atoms with Crippen molar-refractivity contribution in [3.05, 3.63) is 84.3 Å². The summed E-state index contributed by atoms with van der Waals surface area (Å²) in [5.74, 6) is -0.986. The zero-order chi connectivity index (χ0) is 18.6. The fourth-order valence-electron chi connectivity index (χ4n) is 2.44. The van der Waals surface area contributed by atoms with E-state index in [1.165, 1.54) is 36.9 Å². The average Bonchev–Trinajstić information content (AvgIpc) is 3.17. The lowest BCUT2D eigenvalue weighted by Crippen LogP contribution is -2.31. The molecule has 0 aliphatic carbocycles. The highest BCUT2D eigenvalue weighted by Crippen LogP contribution is 2.28. The maximum Gasteiger partial charge on any atom is 0.287 e. The number of carbonyl (C=O) groups excluding carboxylic acids is 1. The van der Waals surface area contributed by atoms with E-state index in [2.05, 4.69) is 10.3 Å². The van der Waals surface area contributed by atoms with Crippen LogP contribution in [-0.2, 0) is 9.84 Å². The largest absolute Gasteiger partial charge is 0.459 e. The number of carbonyl (C=O) groups is 1. The van der Waals surface area contributed by atoms with Gasteiger partial charge in [0.05, 0.1) is 11.2 Å². The molecule has 1 atom stereocenters. The van der Waals surface area contributed by atoms with E-state index >= 15 is 0 Å². The molecule has 0 saturated heterocycles. The second-order valence-corrected chi connectivity index (χ2v) is 7.59. The van der Waals surface area contributed by atoms with Crippen LogP contribution in [0.15, 0.2) is 76.5 Å². The number of aromatic nitrogens is 1. The van der Waals surface area contributed by atoms with Crippen molar-refractivity contribution in [2.75, 3.05) is 6.54 Å². The molecule has 8 heteroatoms. The predicted octanol–water partition coefficient (Wildman–Crippen LogP) is 2.76.